The number of unbranched alkanes of at least 4 members (excludes halogenated alkanes) is 7. The van der Waals surface area contributed by atoms with E-state index in [0.717, 1.165) is 17.9 Å². The Bertz CT molecular complexity index is 727. The second-order valence-corrected chi connectivity index (χ2v) is 6.92. The monoisotopic (exact) mass is 382 g/mol. The Hall–Kier alpha value is -2.76. The van der Waals surface area contributed by atoms with Crippen LogP contribution in [0.25, 0.3) is 0 Å². The van der Waals surface area contributed by atoms with Crippen LogP contribution < -0.4 is 5.32 Å². The summed E-state index contributed by atoms with van der Waals surface area (Å²) in [6.07, 6.45) is 10.6. The zero-order valence-corrected chi connectivity index (χ0v) is 16.6. The zero-order valence-electron chi connectivity index (χ0n) is 16.6. The number of non-ortho nitro benzene ring substituents is 1. The van der Waals surface area contributed by atoms with E-state index in [1.165, 1.54) is 63.5 Å². The molecule has 6 heteroatoms. The van der Waals surface area contributed by atoms with E-state index in [1.807, 2.05) is 24.3 Å². The van der Waals surface area contributed by atoms with Crippen molar-refractivity contribution in [3.05, 3.63) is 58.6 Å². The maximum Gasteiger partial charge on any atom is 0.269 e. The number of nitro benzene ring substituents is 1. The first-order chi connectivity index (χ1) is 13.7. The molecule has 2 aromatic carbocycles. The molecule has 0 aliphatic carbocycles. The predicted molar refractivity (Wildman–Crippen MR) is 115 cm³/mol. The molecule has 28 heavy (non-hydrogen) atoms. The lowest BCUT2D eigenvalue weighted by molar-refractivity contribution is -0.384. The van der Waals surface area contributed by atoms with Crippen LogP contribution >= 0.6 is 0 Å². The fourth-order valence-electron chi connectivity index (χ4n) is 2.89. The van der Waals surface area contributed by atoms with Gasteiger partial charge in [0, 0.05) is 24.4 Å². The zero-order chi connectivity index (χ0) is 20.0. The minimum absolute atomic E-state index is 0.0471. The Morgan fingerprint density at radius 2 is 1.29 bits per heavy atom. The van der Waals surface area contributed by atoms with E-state index in [2.05, 4.69) is 22.5 Å². The second-order valence-electron chi connectivity index (χ2n) is 6.92. The summed E-state index contributed by atoms with van der Waals surface area (Å²) in [6, 6.07) is 13.8. The van der Waals surface area contributed by atoms with E-state index in [1.54, 1.807) is 12.1 Å². The third-order valence-electron chi connectivity index (χ3n) is 4.57. The van der Waals surface area contributed by atoms with E-state index in [0.29, 0.717) is 5.69 Å². The highest BCUT2D eigenvalue weighted by Crippen LogP contribution is 2.22. The Balaban J connectivity index is 1.66. The van der Waals surface area contributed by atoms with Crippen LogP contribution in [0.4, 0.5) is 22.7 Å². The second kappa shape index (κ2) is 12.6. The van der Waals surface area contributed by atoms with Gasteiger partial charge in [0.15, 0.2) is 0 Å². The highest BCUT2D eigenvalue weighted by atomic mass is 16.6. The van der Waals surface area contributed by atoms with E-state index in [9.17, 15) is 10.1 Å². The van der Waals surface area contributed by atoms with Crippen molar-refractivity contribution in [2.75, 3.05) is 11.9 Å². The molecule has 0 radical (unpaired) electrons. The number of hydrogen-bond donors (Lipinski definition) is 1. The van der Waals surface area contributed by atoms with Crippen molar-refractivity contribution < 1.29 is 4.92 Å². The number of hydrogen-bond acceptors (Lipinski definition) is 5. The van der Waals surface area contributed by atoms with Gasteiger partial charge in [-0.25, -0.2) is 0 Å². The van der Waals surface area contributed by atoms with Crippen molar-refractivity contribution in [3.8, 4) is 0 Å². The number of nitro groups is 1. The molecule has 0 bridgehead atoms. The van der Waals surface area contributed by atoms with Gasteiger partial charge in [0.1, 0.15) is 0 Å². The maximum atomic E-state index is 10.6. The molecular weight excluding hydrogens is 352 g/mol. The quantitative estimate of drug-likeness (QED) is 0.168. The minimum Gasteiger partial charge on any atom is -0.385 e. The predicted octanol–water partition coefficient (Wildman–Crippen LogP) is 7.56. The fourth-order valence-corrected chi connectivity index (χ4v) is 2.89. The minimum atomic E-state index is -0.430. The van der Waals surface area contributed by atoms with Gasteiger partial charge in [-0.15, -0.1) is 0 Å². The molecule has 150 valence electrons. The van der Waals surface area contributed by atoms with Gasteiger partial charge in [-0.3, -0.25) is 10.1 Å². The summed E-state index contributed by atoms with van der Waals surface area (Å²) in [4.78, 5) is 10.2. The van der Waals surface area contributed by atoms with Crippen LogP contribution in [0.3, 0.4) is 0 Å². The first-order valence-electron chi connectivity index (χ1n) is 10.2. The lowest BCUT2D eigenvalue weighted by Crippen LogP contribution is -2.00. The number of azo groups is 1. The normalized spacial score (nSPS) is 11.0. The molecule has 1 N–H and O–H groups in total. The van der Waals surface area contributed by atoms with E-state index in [-0.39, 0.29) is 5.69 Å². The molecule has 0 saturated heterocycles. The highest BCUT2D eigenvalue weighted by Gasteiger charge is 2.03. The average Bonchev–Trinajstić information content (AvgIpc) is 2.72. The van der Waals surface area contributed by atoms with Gasteiger partial charge < -0.3 is 5.32 Å². The van der Waals surface area contributed by atoms with Crippen LogP contribution in [0.15, 0.2) is 58.8 Å². The number of anilines is 1. The Morgan fingerprint density at radius 3 is 1.82 bits per heavy atom. The molecule has 0 aliphatic heterocycles. The Labute approximate surface area is 167 Å². The maximum absolute atomic E-state index is 10.6. The van der Waals surface area contributed by atoms with E-state index >= 15 is 0 Å². The number of nitrogens with zero attached hydrogens (tertiary/aromatic N) is 3. The van der Waals surface area contributed by atoms with Crippen LogP contribution in [0, 0.1) is 10.1 Å². The number of rotatable bonds is 13. The van der Waals surface area contributed by atoms with Crippen LogP contribution in [0.1, 0.15) is 58.3 Å². The molecule has 6 nitrogen and oxygen atoms in total. The molecule has 2 aromatic rings. The Morgan fingerprint density at radius 1 is 0.786 bits per heavy atom. The SMILES string of the molecule is CCCCCCCCCCNc1ccc(N=Nc2ccc([N+](=O)[O-])cc2)cc1. The van der Waals surface area contributed by atoms with Crippen LogP contribution in [-0.2, 0) is 0 Å². The van der Waals surface area contributed by atoms with Crippen molar-refractivity contribution in [1.82, 2.24) is 0 Å². The molecule has 2 rings (SSSR count). The van der Waals surface area contributed by atoms with Crippen molar-refractivity contribution in [1.29, 1.82) is 0 Å². The molecule has 0 spiro atoms. The summed E-state index contributed by atoms with van der Waals surface area (Å²) >= 11 is 0. The highest BCUT2D eigenvalue weighted by molar-refractivity contribution is 5.51. The van der Waals surface area contributed by atoms with Gasteiger partial charge in [0.05, 0.1) is 16.3 Å². The summed E-state index contributed by atoms with van der Waals surface area (Å²) < 4.78 is 0. The third-order valence-corrected chi connectivity index (χ3v) is 4.57. The molecule has 0 amide bonds. The topological polar surface area (TPSA) is 79.9 Å². The molecule has 0 saturated carbocycles. The standard InChI is InChI=1S/C22H30N4O2/c1-2-3-4-5-6-7-8-9-18-23-19-10-12-20(13-11-19)24-25-21-14-16-22(17-15-21)26(27)28/h10-17,23H,2-9,18H2,1H3. The van der Waals surface area contributed by atoms with Gasteiger partial charge in [-0.2, -0.15) is 10.2 Å². The summed E-state index contributed by atoms with van der Waals surface area (Å²) in [5.41, 5.74) is 2.46. The van der Waals surface area contributed by atoms with Crippen molar-refractivity contribution >= 4 is 22.7 Å². The van der Waals surface area contributed by atoms with Crippen molar-refractivity contribution in [2.45, 2.75) is 58.3 Å². The van der Waals surface area contributed by atoms with Gasteiger partial charge in [0.25, 0.3) is 5.69 Å². The van der Waals surface area contributed by atoms with Crippen LogP contribution in [0.2, 0.25) is 0 Å². The fraction of sp³-hybridized carbons (Fsp3) is 0.455. The molecule has 0 unspecified atom stereocenters. The van der Waals surface area contributed by atoms with Gasteiger partial charge in [-0.1, -0.05) is 51.9 Å². The van der Waals surface area contributed by atoms with Gasteiger partial charge in [-0.05, 0) is 42.8 Å². The van der Waals surface area contributed by atoms with E-state index in [4.69, 9.17) is 0 Å². The average molecular weight is 383 g/mol. The molecule has 0 aromatic heterocycles. The lowest BCUT2D eigenvalue weighted by atomic mass is 10.1. The summed E-state index contributed by atoms with van der Waals surface area (Å²) in [6.45, 7) is 3.23. The summed E-state index contributed by atoms with van der Waals surface area (Å²) in [7, 11) is 0. The van der Waals surface area contributed by atoms with Gasteiger partial charge in [0.2, 0.25) is 0 Å². The first-order valence-corrected chi connectivity index (χ1v) is 10.2. The lowest BCUT2D eigenvalue weighted by Gasteiger charge is -2.06. The largest absolute Gasteiger partial charge is 0.385 e. The first kappa shape index (κ1) is 21.5. The Kier molecular flexibility index (Phi) is 9.69. The summed E-state index contributed by atoms with van der Waals surface area (Å²) in [5.74, 6) is 0. The van der Waals surface area contributed by atoms with Gasteiger partial charge >= 0.3 is 0 Å². The number of nitrogens with one attached hydrogen (secondary N) is 1. The molecule has 0 fully saturated rings. The summed E-state index contributed by atoms with van der Waals surface area (Å²) in [5, 5.41) is 22.4. The van der Waals surface area contributed by atoms with Crippen molar-refractivity contribution in [3.63, 3.8) is 0 Å². The smallest absolute Gasteiger partial charge is 0.269 e. The molecule has 0 atom stereocenters. The van der Waals surface area contributed by atoms with Crippen LogP contribution in [0.5, 0.6) is 0 Å². The number of benzene rings is 2. The van der Waals surface area contributed by atoms with Crippen molar-refractivity contribution in [2.24, 2.45) is 10.2 Å². The van der Waals surface area contributed by atoms with E-state index < -0.39 is 4.92 Å². The molecular formula is C22H30N4O2. The molecule has 0 aliphatic rings. The third kappa shape index (κ3) is 8.29. The molecule has 0 heterocycles. The van der Waals surface area contributed by atoms with Crippen LogP contribution in [-0.4, -0.2) is 11.5 Å².